The molecule has 4 rings (SSSR count). The van der Waals surface area contributed by atoms with E-state index in [1.54, 1.807) is 46.5 Å². The maximum Gasteiger partial charge on any atom is 0.273 e. The summed E-state index contributed by atoms with van der Waals surface area (Å²) < 4.78 is 1.80. The fourth-order valence-corrected chi connectivity index (χ4v) is 3.46. The van der Waals surface area contributed by atoms with Crippen molar-refractivity contribution in [2.24, 2.45) is 5.10 Å². The van der Waals surface area contributed by atoms with Crippen LogP contribution in [0.5, 0.6) is 0 Å². The molecule has 2 aromatic heterocycles. The number of amides is 1. The number of rotatable bonds is 5. The number of hydrogen-bond acceptors (Lipinski definition) is 5. The van der Waals surface area contributed by atoms with Crippen molar-refractivity contribution in [1.29, 1.82) is 0 Å². The molecule has 0 radical (unpaired) electrons. The van der Waals surface area contributed by atoms with Crippen LogP contribution in [0, 0.1) is 0 Å². The van der Waals surface area contributed by atoms with Gasteiger partial charge in [-0.15, -0.1) is 11.3 Å². The number of aromatic nitrogens is 2. The maximum atomic E-state index is 12.3. The highest BCUT2D eigenvalue weighted by molar-refractivity contribution is 7.13. The zero-order valence-electron chi connectivity index (χ0n) is 14.8. The molecule has 1 amide bonds. The van der Waals surface area contributed by atoms with Crippen molar-refractivity contribution in [3.63, 3.8) is 0 Å². The molecular weight excluding hydrogens is 370 g/mol. The van der Waals surface area contributed by atoms with Gasteiger partial charge >= 0.3 is 0 Å². The zero-order valence-corrected chi connectivity index (χ0v) is 15.6. The van der Waals surface area contributed by atoms with Gasteiger partial charge in [0, 0.05) is 17.4 Å². The van der Waals surface area contributed by atoms with Crippen LogP contribution < -0.4 is 11.2 Å². The number of nitrogens with zero attached hydrogens (tertiary/aromatic N) is 3. The molecule has 0 atom stereocenters. The van der Waals surface area contributed by atoms with E-state index in [9.17, 15) is 4.79 Å². The lowest BCUT2D eigenvalue weighted by Crippen LogP contribution is -2.19. The predicted octanol–water partition coefficient (Wildman–Crippen LogP) is 3.95. The Hall–Kier alpha value is -3.71. The van der Waals surface area contributed by atoms with Gasteiger partial charge in [0.2, 0.25) is 0 Å². The summed E-state index contributed by atoms with van der Waals surface area (Å²) in [6, 6.07) is 20.7. The van der Waals surface area contributed by atoms with Crippen LogP contribution in [0.4, 0.5) is 5.69 Å². The molecule has 0 aliphatic carbocycles. The van der Waals surface area contributed by atoms with Gasteiger partial charge in [-0.1, -0.05) is 36.4 Å². The lowest BCUT2D eigenvalue weighted by atomic mass is 10.2. The highest BCUT2D eigenvalue weighted by atomic mass is 32.1. The second-order valence-electron chi connectivity index (χ2n) is 5.98. The minimum Gasteiger partial charge on any atom is -0.398 e. The summed E-state index contributed by atoms with van der Waals surface area (Å²) in [5, 5.41) is 10.8. The highest BCUT2D eigenvalue weighted by Crippen LogP contribution is 2.26. The van der Waals surface area contributed by atoms with Crippen LogP contribution in [0.3, 0.4) is 0 Å². The van der Waals surface area contributed by atoms with E-state index < -0.39 is 0 Å². The number of hydrogen-bond donors (Lipinski definition) is 2. The Labute approximate surface area is 165 Å². The van der Waals surface area contributed by atoms with Gasteiger partial charge in [0.25, 0.3) is 5.91 Å². The summed E-state index contributed by atoms with van der Waals surface area (Å²) in [7, 11) is 0. The molecule has 0 saturated heterocycles. The topological polar surface area (TPSA) is 85.3 Å². The fourth-order valence-electron chi connectivity index (χ4n) is 2.72. The van der Waals surface area contributed by atoms with Gasteiger partial charge in [-0.05, 0) is 35.7 Å². The van der Waals surface area contributed by atoms with Crippen molar-refractivity contribution in [3.8, 4) is 16.3 Å². The third-order valence-corrected chi connectivity index (χ3v) is 4.97. The van der Waals surface area contributed by atoms with E-state index in [0.717, 1.165) is 21.8 Å². The Morgan fingerprint density at radius 1 is 1.07 bits per heavy atom. The molecule has 0 unspecified atom stereocenters. The SMILES string of the molecule is Nc1ccccc1C(=O)N/N=C\c1cn(-c2ccccc2)nc1-c1cccs1. The highest BCUT2D eigenvalue weighted by Gasteiger charge is 2.12. The number of para-hydroxylation sites is 2. The summed E-state index contributed by atoms with van der Waals surface area (Å²) in [6.07, 6.45) is 3.48. The van der Waals surface area contributed by atoms with Gasteiger partial charge < -0.3 is 5.73 Å². The number of anilines is 1. The second kappa shape index (κ2) is 7.89. The number of hydrazone groups is 1. The smallest absolute Gasteiger partial charge is 0.273 e. The molecule has 0 saturated carbocycles. The average molecular weight is 387 g/mol. The van der Waals surface area contributed by atoms with Crippen molar-refractivity contribution in [2.75, 3.05) is 5.73 Å². The molecule has 6 nitrogen and oxygen atoms in total. The van der Waals surface area contributed by atoms with E-state index in [1.807, 2.05) is 54.0 Å². The first-order valence-corrected chi connectivity index (χ1v) is 9.47. The summed E-state index contributed by atoms with van der Waals surface area (Å²) >= 11 is 1.60. The van der Waals surface area contributed by atoms with Gasteiger partial charge in [-0.3, -0.25) is 4.79 Å². The standard InChI is InChI=1S/C21H17N5OS/c22-18-10-5-4-9-17(18)21(27)24-23-13-15-14-26(16-7-2-1-3-8-16)25-20(15)19-11-6-12-28-19/h1-14H,22H2,(H,24,27)/b23-13-. The number of benzene rings is 2. The lowest BCUT2D eigenvalue weighted by molar-refractivity contribution is 0.0956. The molecule has 4 aromatic rings. The molecule has 138 valence electrons. The third kappa shape index (κ3) is 3.70. The van der Waals surface area contributed by atoms with Crippen molar-refractivity contribution in [2.45, 2.75) is 0 Å². The number of thiophene rings is 1. The first-order chi connectivity index (χ1) is 13.7. The minimum absolute atomic E-state index is 0.359. The van der Waals surface area contributed by atoms with E-state index in [1.165, 1.54) is 0 Å². The maximum absolute atomic E-state index is 12.3. The van der Waals surface area contributed by atoms with Crippen molar-refractivity contribution >= 4 is 29.1 Å². The summed E-state index contributed by atoms with van der Waals surface area (Å²) in [4.78, 5) is 13.3. The quantitative estimate of drug-likeness (QED) is 0.309. The molecule has 0 fully saturated rings. The van der Waals surface area contributed by atoms with Crippen LogP contribution in [0.25, 0.3) is 16.3 Å². The Balaban J connectivity index is 1.61. The lowest BCUT2D eigenvalue weighted by Gasteiger charge is -2.02. The molecule has 0 aliphatic rings. The fraction of sp³-hybridized carbons (Fsp3) is 0. The van der Waals surface area contributed by atoms with Crippen LogP contribution >= 0.6 is 11.3 Å². The molecule has 0 aliphatic heterocycles. The molecule has 0 spiro atoms. The van der Waals surface area contributed by atoms with Gasteiger partial charge in [0.15, 0.2) is 0 Å². The van der Waals surface area contributed by atoms with E-state index in [2.05, 4.69) is 10.5 Å². The first kappa shape index (κ1) is 17.7. The van der Waals surface area contributed by atoms with Crippen LogP contribution in [0.15, 0.2) is 83.4 Å². The monoisotopic (exact) mass is 387 g/mol. The minimum atomic E-state index is -0.359. The first-order valence-electron chi connectivity index (χ1n) is 8.59. The van der Waals surface area contributed by atoms with Crippen molar-refractivity contribution in [3.05, 3.63) is 89.4 Å². The number of nitrogen functional groups attached to an aromatic ring is 1. The molecule has 7 heteroatoms. The number of nitrogens with one attached hydrogen (secondary N) is 1. The largest absolute Gasteiger partial charge is 0.398 e. The molecule has 0 bridgehead atoms. The Morgan fingerprint density at radius 2 is 1.86 bits per heavy atom. The molecular formula is C21H17N5OS. The third-order valence-electron chi connectivity index (χ3n) is 4.09. The van der Waals surface area contributed by atoms with Crippen LogP contribution in [-0.2, 0) is 0 Å². The van der Waals surface area contributed by atoms with Crippen molar-refractivity contribution in [1.82, 2.24) is 15.2 Å². The van der Waals surface area contributed by atoms with Crippen LogP contribution in [0.2, 0.25) is 0 Å². The van der Waals surface area contributed by atoms with Crippen LogP contribution in [-0.4, -0.2) is 21.9 Å². The summed E-state index contributed by atoms with van der Waals surface area (Å²) in [5.41, 5.74) is 11.7. The van der Waals surface area contributed by atoms with Crippen LogP contribution in [0.1, 0.15) is 15.9 Å². The number of carbonyl (C=O) groups is 1. The molecule has 2 heterocycles. The van der Waals surface area contributed by atoms with Gasteiger partial charge in [0.1, 0.15) is 5.69 Å². The van der Waals surface area contributed by atoms with Crippen molar-refractivity contribution < 1.29 is 4.79 Å². The number of nitrogens with two attached hydrogens (primary N) is 1. The normalized spacial score (nSPS) is 11.0. The summed E-state index contributed by atoms with van der Waals surface area (Å²) in [6.45, 7) is 0. The van der Waals surface area contributed by atoms with E-state index in [4.69, 9.17) is 10.8 Å². The predicted molar refractivity (Wildman–Crippen MR) is 113 cm³/mol. The van der Waals surface area contributed by atoms with E-state index in [-0.39, 0.29) is 5.91 Å². The zero-order chi connectivity index (χ0) is 19.3. The van der Waals surface area contributed by atoms with Gasteiger partial charge in [-0.25, -0.2) is 10.1 Å². The average Bonchev–Trinajstić information content (AvgIpc) is 3.39. The Kier molecular flexibility index (Phi) is 4.99. The Bertz CT molecular complexity index is 1120. The van der Waals surface area contributed by atoms with Gasteiger partial charge in [-0.2, -0.15) is 10.2 Å². The second-order valence-corrected chi connectivity index (χ2v) is 6.92. The van der Waals surface area contributed by atoms with E-state index in [0.29, 0.717) is 11.3 Å². The molecule has 3 N–H and O–H groups in total. The summed E-state index contributed by atoms with van der Waals surface area (Å²) in [5.74, 6) is -0.359. The van der Waals surface area contributed by atoms with E-state index >= 15 is 0 Å². The molecule has 2 aromatic carbocycles. The Morgan fingerprint density at radius 3 is 2.61 bits per heavy atom. The van der Waals surface area contributed by atoms with Gasteiger partial charge in [0.05, 0.1) is 22.3 Å². The molecule has 28 heavy (non-hydrogen) atoms. The number of carbonyl (C=O) groups excluding carboxylic acids is 1.